The molecule has 0 bridgehead atoms. The van der Waals surface area contributed by atoms with Crippen LogP contribution in [0.2, 0.25) is 0 Å². The molecule has 6 heavy (non-hydrogen) atoms. The molecule has 0 rings (SSSR count). The average molecular weight is 123 g/mol. The third kappa shape index (κ3) is 3.92. The number of thiocarbonyl (C=S) groups is 1. The van der Waals surface area contributed by atoms with E-state index in [1.807, 2.05) is 0 Å². The molecule has 0 aromatic heterocycles. The van der Waals surface area contributed by atoms with Crippen molar-refractivity contribution in [1.29, 1.82) is 0 Å². The van der Waals surface area contributed by atoms with Gasteiger partial charge in [0, 0.05) is 0 Å². The summed E-state index contributed by atoms with van der Waals surface area (Å²) in [5.41, 5.74) is 0. The molecular formula is C3H3ClOS. The number of halogens is 1. The van der Waals surface area contributed by atoms with E-state index in [0.717, 1.165) is 0 Å². The summed E-state index contributed by atoms with van der Waals surface area (Å²) in [6.45, 7) is 3.21. The van der Waals surface area contributed by atoms with Crippen molar-refractivity contribution < 1.29 is 4.74 Å². The molecule has 0 fully saturated rings. The molecule has 0 unspecified atom stereocenters. The average Bonchev–Trinajstić information content (AvgIpc) is 1.35. The van der Waals surface area contributed by atoms with Crippen LogP contribution in [0.15, 0.2) is 12.8 Å². The van der Waals surface area contributed by atoms with Crippen LogP contribution in [0.4, 0.5) is 0 Å². The van der Waals surface area contributed by atoms with Gasteiger partial charge in [-0.05, 0) is 23.8 Å². The van der Waals surface area contributed by atoms with Crippen LogP contribution in [-0.4, -0.2) is 4.51 Å². The molecule has 34 valence electrons. The van der Waals surface area contributed by atoms with Crippen LogP contribution in [0.1, 0.15) is 0 Å². The van der Waals surface area contributed by atoms with Gasteiger partial charge >= 0.3 is 0 Å². The fraction of sp³-hybridized carbons (Fsp3) is 0. The highest BCUT2D eigenvalue weighted by Crippen LogP contribution is 1.85. The minimum absolute atomic E-state index is 0.0231. The summed E-state index contributed by atoms with van der Waals surface area (Å²) in [5.74, 6) is 0. The van der Waals surface area contributed by atoms with Gasteiger partial charge in [-0.15, -0.1) is 0 Å². The van der Waals surface area contributed by atoms with Gasteiger partial charge in [0.05, 0.1) is 6.26 Å². The minimum atomic E-state index is -0.0231. The lowest BCUT2D eigenvalue weighted by Gasteiger charge is -1.84. The van der Waals surface area contributed by atoms with E-state index in [4.69, 9.17) is 11.6 Å². The van der Waals surface area contributed by atoms with Crippen molar-refractivity contribution in [2.45, 2.75) is 0 Å². The van der Waals surface area contributed by atoms with Gasteiger partial charge in [0.25, 0.3) is 4.51 Å². The zero-order valence-electron chi connectivity index (χ0n) is 2.98. The van der Waals surface area contributed by atoms with E-state index in [-0.39, 0.29) is 4.51 Å². The molecule has 0 spiro atoms. The molecule has 0 heterocycles. The molecule has 0 amide bonds. The highest BCUT2D eigenvalue weighted by Gasteiger charge is 1.77. The van der Waals surface area contributed by atoms with Crippen LogP contribution in [-0.2, 0) is 4.74 Å². The molecule has 0 radical (unpaired) electrons. The minimum Gasteiger partial charge on any atom is -0.444 e. The molecule has 0 saturated heterocycles. The first-order valence-corrected chi connectivity index (χ1v) is 2.03. The molecule has 0 atom stereocenters. The lowest BCUT2D eigenvalue weighted by molar-refractivity contribution is 0.499. The molecular weight excluding hydrogens is 120 g/mol. The van der Waals surface area contributed by atoms with Crippen molar-refractivity contribution in [3.05, 3.63) is 12.8 Å². The second-order valence-corrected chi connectivity index (χ2v) is 1.46. The molecule has 3 heteroatoms. The number of rotatable bonds is 1. The third-order valence-electron chi connectivity index (χ3n) is 0.176. The first-order valence-electron chi connectivity index (χ1n) is 1.24. The summed E-state index contributed by atoms with van der Waals surface area (Å²) in [6, 6.07) is 0. The predicted octanol–water partition coefficient (Wildman–Crippen LogP) is 1.67. The van der Waals surface area contributed by atoms with Crippen molar-refractivity contribution in [3.8, 4) is 0 Å². The van der Waals surface area contributed by atoms with E-state index in [9.17, 15) is 0 Å². The Balaban J connectivity index is 3.05. The van der Waals surface area contributed by atoms with Crippen molar-refractivity contribution in [2.24, 2.45) is 0 Å². The predicted molar refractivity (Wildman–Crippen MR) is 29.7 cm³/mol. The van der Waals surface area contributed by atoms with Crippen molar-refractivity contribution in [2.75, 3.05) is 0 Å². The van der Waals surface area contributed by atoms with Crippen LogP contribution in [0.5, 0.6) is 0 Å². The normalized spacial score (nSPS) is 6.83. The number of ether oxygens (including phenoxy) is 1. The Hall–Kier alpha value is -0.0800. The highest BCUT2D eigenvalue weighted by atomic mass is 35.5. The van der Waals surface area contributed by atoms with Crippen LogP contribution >= 0.6 is 23.8 Å². The van der Waals surface area contributed by atoms with E-state index >= 15 is 0 Å². The van der Waals surface area contributed by atoms with E-state index in [1.165, 1.54) is 6.26 Å². The van der Waals surface area contributed by atoms with Gasteiger partial charge in [0.1, 0.15) is 0 Å². The van der Waals surface area contributed by atoms with Crippen molar-refractivity contribution in [3.63, 3.8) is 0 Å². The topological polar surface area (TPSA) is 9.23 Å². The standard InChI is InChI=1S/C3H3ClOS/c1-2-5-3(4)6/h2H,1H2. The molecule has 0 aromatic rings. The molecule has 1 nitrogen and oxygen atoms in total. The SMILES string of the molecule is C=COC(=S)Cl. The Morgan fingerprint density at radius 2 is 2.50 bits per heavy atom. The molecule has 0 aliphatic rings. The Labute approximate surface area is 46.6 Å². The second kappa shape index (κ2) is 3.12. The lowest BCUT2D eigenvalue weighted by Crippen LogP contribution is -1.78. The summed E-state index contributed by atoms with van der Waals surface area (Å²) in [6.07, 6.45) is 1.18. The van der Waals surface area contributed by atoms with E-state index < -0.39 is 0 Å². The van der Waals surface area contributed by atoms with Crippen molar-refractivity contribution >= 4 is 28.3 Å². The van der Waals surface area contributed by atoms with Crippen LogP contribution in [0, 0.1) is 0 Å². The quantitative estimate of drug-likeness (QED) is 0.297. The van der Waals surface area contributed by atoms with Gasteiger partial charge in [0.15, 0.2) is 0 Å². The highest BCUT2D eigenvalue weighted by molar-refractivity contribution is 7.82. The molecule has 0 N–H and O–H groups in total. The second-order valence-electron chi connectivity index (χ2n) is 0.522. The molecule has 0 saturated carbocycles. The Morgan fingerprint density at radius 3 is 2.50 bits per heavy atom. The van der Waals surface area contributed by atoms with Crippen LogP contribution < -0.4 is 0 Å². The van der Waals surface area contributed by atoms with E-state index in [1.54, 1.807) is 0 Å². The summed E-state index contributed by atoms with van der Waals surface area (Å²) >= 11 is 9.28. The van der Waals surface area contributed by atoms with Gasteiger partial charge in [0.2, 0.25) is 0 Å². The maximum atomic E-state index is 5.02. The van der Waals surface area contributed by atoms with Crippen LogP contribution in [0.3, 0.4) is 0 Å². The van der Waals surface area contributed by atoms with Gasteiger partial charge in [-0.25, -0.2) is 0 Å². The van der Waals surface area contributed by atoms with E-state index in [2.05, 4.69) is 23.5 Å². The zero-order valence-corrected chi connectivity index (χ0v) is 4.55. The van der Waals surface area contributed by atoms with Gasteiger partial charge in [-0.3, -0.25) is 0 Å². The number of hydrogen-bond acceptors (Lipinski definition) is 2. The maximum absolute atomic E-state index is 5.02. The third-order valence-corrected chi connectivity index (χ3v) is 0.361. The Morgan fingerprint density at radius 1 is 2.00 bits per heavy atom. The summed E-state index contributed by atoms with van der Waals surface area (Å²) in [7, 11) is 0. The summed E-state index contributed by atoms with van der Waals surface area (Å²) < 4.78 is 4.28. The maximum Gasteiger partial charge on any atom is 0.260 e. The smallest absolute Gasteiger partial charge is 0.260 e. The van der Waals surface area contributed by atoms with Gasteiger partial charge in [-0.1, -0.05) is 6.58 Å². The first kappa shape index (κ1) is 5.92. The van der Waals surface area contributed by atoms with Gasteiger partial charge in [-0.2, -0.15) is 0 Å². The largest absolute Gasteiger partial charge is 0.444 e. The molecule has 0 aliphatic heterocycles. The van der Waals surface area contributed by atoms with Gasteiger partial charge < -0.3 is 4.74 Å². The number of hydrogen-bond donors (Lipinski definition) is 0. The molecule has 0 aliphatic carbocycles. The zero-order chi connectivity index (χ0) is 4.99. The molecule has 0 aromatic carbocycles. The lowest BCUT2D eigenvalue weighted by atomic mass is 11.2. The fourth-order valence-electron chi connectivity index (χ4n) is 0.0655. The summed E-state index contributed by atoms with van der Waals surface area (Å²) in [5, 5.41) is 0. The van der Waals surface area contributed by atoms with Crippen molar-refractivity contribution in [1.82, 2.24) is 0 Å². The monoisotopic (exact) mass is 122 g/mol. The van der Waals surface area contributed by atoms with E-state index in [0.29, 0.717) is 0 Å². The van der Waals surface area contributed by atoms with Crippen LogP contribution in [0.25, 0.3) is 0 Å². The first-order chi connectivity index (χ1) is 2.77. The Kier molecular flexibility index (Phi) is 3.08. The Bertz CT molecular complexity index is 71.2. The summed E-state index contributed by atoms with van der Waals surface area (Å²) in [4.78, 5) is 0. The fourth-order valence-corrected chi connectivity index (χ4v) is 0.197.